The molecule has 0 aliphatic carbocycles. The largest absolute Gasteiger partial charge is 0.336 e. The number of carbonyl (C=O) groups excluding carboxylic acids is 1. The summed E-state index contributed by atoms with van der Waals surface area (Å²) in [6.07, 6.45) is 1.56. The van der Waals surface area contributed by atoms with Crippen molar-refractivity contribution in [2.75, 3.05) is 7.05 Å². The van der Waals surface area contributed by atoms with Gasteiger partial charge < -0.3 is 4.90 Å². The molecular formula is C18H16N6OS. The van der Waals surface area contributed by atoms with Crippen LogP contribution >= 0.6 is 11.3 Å². The van der Waals surface area contributed by atoms with E-state index in [1.54, 1.807) is 47.3 Å². The molecule has 0 saturated heterocycles. The molecule has 0 N–H and O–H groups in total. The van der Waals surface area contributed by atoms with Gasteiger partial charge in [0.15, 0.2) is 5.65 Å². The number of hydrogen-bond donors (Lipinski definition) is 0. The van der Waals surface area contributed by atoms with Crippen LogP contribution in [0.1, 0.15) is 16.1 Å². The van der Waals surface area contributed by atoms with Crippen molar-refractivity contribution in [3.63, 3.8) is 0 Å². The number of amides is 1. The van der Waals surface area contributed by atoms with Gasteiger partial charge in [0.25, 0.3) is 5.91 Å². The highest BCUT2D eigenvalue weighted by Crippen LogP contribution is 2.24. The molecule has 0 aliphatic rings. The van der Waals surface area contributed by atoms with Gasteiger partial charge in [0.2, 0.25) is 0 Å². The monoisotopic (exact) mass is 364 g/mol. The third-order valence-corrected chi connectivity index (χ3v) is 4.95. The minimum absolute atomic E-state index is 0.126. The zero-order valence-electron chi connectivity index (χ0n) is 14.3. The average molecular weight is 364 g/mol. The van der Waals surface area contributed by atoms with Gasteiger partial charge in [-0.2, -0.15) is 0 Å². The number of rotatable bonds is 4. The first kappa shape index (κ1) is 16.3. The van der Waals surface area contributed by atoms with Crippen molar-refractivity contribution in [3.8, 4) is 10.6 Å². The molecule has 0 atom stereocenters. The molecule has 3 heterocycles. The number of nitrogens with zero attached hydrogens (tertiary/aromatic N) is 6. The number of thiazole rings is 1. The summed E-state index contributed by atoms with van der Waals surface area (Å²) in [7, 11) is 3.52. The molecule has 1 aromatic carbocycles. The minimum Gasteiger partial charge on any atom is -0.336 e. The molecule has 0 radical (unpaired) electrons. The maximum absolute atomic E-state index is 12.7. The second-order valence-corrected chi connectivity index (χ2v) is 6.81. The van der Waals surface area contributed by atoms with E-state index in [0.29, 0.717) is 23.3 Å². The molecular weight excluding hydrogens is 348 g/mol. The fourth-order valence-electron chi connectivity index (χ4n) is 2.67. The van der Waals surface area contributed by atoms with Crippen LogP contribution in [0.2, 0.25) is 0 Å². The number of aryl methyl sites for hydroxylation is 1. The van der Waals surface area contributed by atoms with E-state index in [0.717, 1.165) is 16.3 Å². The van der Waals surface area contributed by atoms with Crippen LogP contribution in [-0.4, -0.2) is 42.8 Å². The number of hydrogen-bond acceptors (Lipinski definition) is 6. The quantitative estimate of drug-likeness (QED) is 0.556. The molecule has 0 bridgehead atoms. The minimum atomic E-state index is -0.126. The van der Waals surface area contributed by atoms with E-state index >= 15 is 0 Å². The summed E-state index contributed by atoms with van der Waals surface area (Å²) >= 11 is 1.57. The fraction of sp³-hybridized carbons (Fsp3) is 0.167. The highest BCUT2D eigenvalue weighted by Gasteiger charge is 2.16. The van der Waals surface area contributed by atoms with Crippen LogP contribution < -0.4 is 0 Å². The second kappa shape index (κ2) is 6.64. The standard InChI is InChI=1S/C18H16N6OS/c1-23(10-14-11-26-17(20-14)12-6-4-3-5-7-12)18(25)13-8-15-16(19-9-13)24(2)22-21-15/h3-9,11H,10H2,1-2H3. The lowest BCUT2D eigenvalue weighted by atomic mass is 10.2. The smallest absolute Gasteiger partial charge is 0.255 e. The maximum Gasteiger partial charge on any atom is 0.255 e. The van der Waals surface area contributed by atoms with Crippen LogP contribution in [0.25, 0.3) is 21.7 Å². The first-order valence-corrected chi connectivity index (χ1v) is 8.90. The highest BCUT2D eigenvalue weighted by atomic mass is 32.1. The van der Waals surface area contributed by atoms with Gasteiger partial charge in [-0.15, -0.1) is 16.4 Å². The Labute approximate surface area is 153 Å². The summed E-state index contributed by atoms with van der Waals surface area (Å²) in [6.45, 7) is 0.431. The number of aromatic nitrogens is 5. The third kappa shape index (κ3) is 3.06. The predicted molar refractivity (Wildman–Crippen MR) is 99.7 cm³/mol. The molecule has 4 aromatic rings. The van der Waals surface area contributed by atoms with Crippen molar-refractivity contribution < 1.29 is 4.79 Å². The number of carbonyl (C=O) groups is 1. The van der Waals surface area contributed by atoms with E-state index in [9.17, 15) is 4.79 Å². The highest BCUT2D eigenvalue weighted by molar-refractivity contribution is 7.13. The lowest BCUT2D eigenvalue weighted by Crippen LogP contribution is -2.26. The van der Waals surface area contributed by atoms with Gasteiger partial charge in [-0.1, -0.05) is 35.5 Å². The molecule has 4 rings (SSSR count). The molecule has 1 amide bonds. The van der Waals surface area contributed by atoms with Gasteiger partial charge in [-0.05, 0) is 6.07 Å². The lowest BCUT2D eigenvalue weighted by molar-refractivity contribution is 0.0783. The summed E-state index contributed by atoms with van der Waals surface area (Å²) in [5.41, 5.74) is 3.68. The zero-order chi connectivity index (χ0) is 18.1. The Bertz CT molecular complexity index is 1070. The van der Waals surface area contributed by atoms with Gasteiger partial charge in [-0.25, -0.2) is 14.6 Å². The molecule has 0 unspecified atom stereocenters. The first-order valence-electron chi connectivity index (χ1n) is 8.02. The van der Waals surface area contributed by atoms with E-state index in [4.69, 9.17) is 0 Å². The maximum atomic E-state index is 12.7. The van der Waals surface area contributed by atoms with Crippen LogP contribution in [0, 0.1) is 0 Å². The van der Waals surface area contributed by atoms with Gasteiger partial charge in [0.1, 0.15) is 10.5 Å². The molecule has 0 fully saturated rings. The van der Waals surface area contributed by atoms with E-state index < -0.39 is 0 Å². The van der Waals surface area contributed by atoms with Gasteiger partial charge in [0, 0.05) is 31.2 Å². The number of pyridine rings is 1. The summed E-state index contributed by atoms with van der Waals surface area (Å²) in [4.78, 5) is 23.2. The first-order chi connectivity index (χ1) is 12.6. The zero-order valence-corrected chi connectivity index (χ0v) is 15.1. The summed E-state index contributed by atoms with van der Waals surface area (Å²) < 4.78 is 1.58. The average Bonchev–Trinajstić information content (AvgIpc) is 3.28. The second-order valence-electron chi connectivity index (χ2n) is 5.95. The Morgan fingerprint density at radius 2 is 2.08 bits per heavy atom. The van der Waals surface area contributed by atoms with E-state index in [1.165, 1.54) is 0 Å². The van der Waals surface area contributed by atoms with E-state index in [1.807, 2.05) is 35.7 Å². The van der Waals surface area contributed by atoms with Crippen molar-refractivity contribution in [1.29, 1.82) is 0 Å². The molecule has 0 aliphatic heterocycles. The lowest BCUT2D eigenvalue weighted by Gasteiger charge is -2.15. The number of benzene rings is 1. The van der Waals surface area contributed by atoms with Crippen LogP contribution in [0.15, 0.2) is 48.0 Å². The van der Waals surface area contributed by atoms with Crippen molar-refractivity contribution in [1.82, 2.24) is 29.9 Å². The van der Waals surface area contributed by atoms with Crippen LogP contribution in [0.4, 0.5) is 0 Å². The summed E-state index contributed by atoms with van der Waals surface area (Å²) in [6, 6.07) is 11.7. The van der Waals surface area contributed by atoms with Crippen molar-refractivity contribution in [3.05, 3.63) is 59.2 Å². The molecule has 26 heavy (non-hydrogen) atoms. The van der Waals surface area contributed by atoms with E-state index in [-0.39, 0.29) is 5.91 Å². The normalized spacial score (nSPS) is 11.0. The van der Waals surface area contributed by atoms with Gasteiger partial charge in [0.05, 0.1) is 17.8 Å². The molecule has 130 valence electrons. The van der Waals surface area contributed by atoms with Crippen molar-refractivity contribution >= 4 is 28.4 Å². The Balaban J connectivity index is 1.51. The SMILES string of the molecule is CN(Cc1csc(-c2ccccc2)n1)C(=O)c1cnc2c(c1)nnn2C. The number of fused-ring (bicyclic) bond motifs is 1. The van der Waals surface area contributed by atoms with Crippen molar-refractivity contribution in [2.24, 2.45) is 7.05 Å². The Hall–Kier alpha value is -3.13. The van der Waals surface area contributed by atoms with Crippen LogP contribution in [0.5, 0.6) is 0 Å². The van der Waals surface area contributed by atoms with Crippen LogP contribution in [-0.2, 0) is 13.6 Å². The van der Waals surface area contributed by atoms with Gasteiger partial charge in [-0.3, -0.25) is 4.79 Å². The Morgan fingerprint density at radius 3 is 2.88 bits per heavy atom. The Kier molecular flexibility index (Phi) is 4.18. The fourth-order valence-corrected chi connectivity index (χ4v) is 3.49. The molecule has 0 spiro atoms. The predicted octanol–water partition coefficient (Wildman–Crippen LogP) is 2.76. The van der Waals surface area contributed by atoms with E-state index in [2.05, 4.69) is 20.3 Å². The summed E-state index contributed by atoms with van der Waals surface area (Å²) in [5.74, 6) is -0.126. The molecule has 3 aromatic heterocycles. The van der Waals surface area contributed by atoms with Gasteiger partial charge >= 0.3 is 0 Å². The van der Waals surface area contributed by atoms with Crippen molar-refractivity contribution in [2.45, 2.75) is 6.54 Å². The van der Waals surface area contributed by atoms with Crippen LogP contribution in [0.3, 0.4) is 0 Å². The topological polar surface area (TPSA) is 76.8 Å². The third-order valence-electron chi connectivity index (χ3n) is 4.01. The Morgan fingerprint density at radius 1 is 1.27 bits per heavy atom. The molecule has 7 nitrogen and oxygen atoms in total. The molecule has 0 saturated carbocycles. The molecule has 8 heteroatoms. The summed E-state index contributed by atoms with van der Waals surface area (Å²) in [5, 5.41) is 10.9.